The topological polar surface area (TPSA) is 30.4 Å². The molecule has 0 radical (unpaired) electrons. The first-order chi connectivity index (χ1) is 9.16. The fourth-order valence-corrected chi connectivity index (χ4v) is 2.42. The molecule has 2 heterocycles. The van der Waals surface area contributed by atoms with E-state index < -0.39 is 0 Å². The van der Waals surface area contributed by atoms with Gasteiger partial charge in [-0.1, -0.05) is 44.2 Å². The van der Waals surface area contributed by atoms with Crippen LogP contribution in [-0.2, 0) is 0 Å². The molecule has 2 aromatic heterocycles. The summed E-state index contributed by atoms with van der Waals surface area (Å²) < 4.78 is 2.07. The summed E-state index contributed by atoms with van der Waals surface area (Å²) in [6.45, 7) is 4.41. The van der Waals surface area contributed by atoms with Crippen LogP contribution in [0.5, 0.6) is 0 Å². The van der Waals surface area contributed by atoms with Crippen molar-refractivity contribution >= 4 is 11.2 Å². The molecule has 19 heavy (non-hydrogen) atoms. The van der Waals surface area contributed by atoms with Gasteiger partial charge in [-0.05, 0) is 29.2 Å². The average Bonchev–Trinajstić information content (AvgIpc) is 2.77. The number of aromatic nitrogens is 1. The van der Waals surface area contributed by atoms with Gasteiger partial charge in [-0.15, -0.1) is 0 Å². The molecule has 2 heteroatoms. The number of hydrogen-bond acceptors (Lipinski definition) is 1. The molecule has 3 rings (SSSR count). The number of pyridine rings is 1. The summed E-state index contributed by atoms with van der Waals surface area (Å²) in [4.78, 5) is 0. The van der Waals surface area contributed by atoms with E-state index in [4.69, 9.17) is 5.73 Å². The maximum atomic E-state index is 6.25. The van der Waals surface area contributed by atoms with Crippen LogP contribution in [0.15, 0.2) is 54.9 Å². The zero-order valence-electron chi connectivity index (χ0n) is 11.3. The highest BCUT2D eigenvalue weighted by atomic mass is 14.9. The van der Waals surface area contributed by atoms with E-state index in [1.54, 1.807) is 0 Å². The van der Waals surface area contributed by atoms with Crippen LogP contribution in [0.4, 0.5) is 5.69 Å². The van der Waals surface area contributed by atoms with Crippen molar-refractivity contribution in [2.75, 3.05) is 5.73 Å². The standard InChI is InChI=1S/C17H18N2/c1-12(2)13-6-8-14(9-7-13)15-11-19-10-4-3-5-16(19)17(15)18/h3-12H,18H2,1-2H3. The van der Waals surface area contributed by atoms with E-state index in [1.807, 2.05) is 24.4 Å². The molecule has 0 aliphatic rings. The summed E-state index contributed by atoms with van der Waals surface area (Å²) in [5.41, 5.74) is 11.8. The third kappa shape index (κ3) is 1.99. The highest BCUT2D eigenvalue weighted by molar-refractivity contribution is 5.88. The molecule has 1 aromatic carbocycles. The van der Waals surface area contributed by atoms with Crippen LogP contribution < -0.4 is 5.73 Å². The fourth-order valence-electron chi connectivity index (χ4n) is 2.42. The Balaban J connectivity index is 2.11. The molecule has 0 aliphatic heterocycles. The van der Waals surface area contributed by atoms with Gasteiger partial charge in [0, 0.05) is 18.0 Å². The Bertz CT molecular complexity index is 706. The van der Waals surface area contributed by atoms with Gasteiger partial charge < -0.3 is 10.1 Å². The molecule has 3 aromatic rings. The van der Waals surface area contributed by atoms with Crippen LogP contribution in [0.25, 0.3) is 16.6 Å². The summed E-state index contributed by atoms with van der Waals surface area (Å²) >= 11 is 0. The smallest absolute Gasteiger partial charge is 0.0687 e. The molecule has 0 aliphatic carbocycles. The maximum Gasteiger partial charge on any atom is 0.0687 e. The fraction of sp³-hybridized carbons (Fsp3) is 0.176. The summed E-state index contributed by atoms with van der Waals surface area (Å²) in [5.74, 6) is 0.555. The second-order valence-corrected chi connectivity index (χ2v) is 5.23. The molecule has 2 N–H and O–H groups in total. The van der Waals surface area contributed by atoms with E-state index in [2.05, 4.69) is 48.7 Å². The van der Waals surface area contributed by atoms with E-state index in [0.717, 1.165) is 16.8 Å². The van der Waals surface area contributed by atoms with Gasteiger partial charge in [0.15, 0.2) is 0 Å². The second kappa shape index (κ2) is 4.47. The van der Waals surface area contributed by atoms with Crippen molar-refractivity contribution in [1.82, 2.24) is 4.40 Å². The van der Waals surface area contributed by atoms with Gasteiger partial charge in [0.25, 0.3) is 0 Å². The van der Waals surface area contributed by atoms with Crippen molar-refractivity contribution in [2.24, 2.45) is 0 Å². The SMILES string of the molecule is CC(C)c1ccc(-c2cn3ccccc3c2N)cc1. The molecule has 0 atom stereocenters. The quantitative estimate of drug-likeness (QED) is 0.721. The Morgan fingerprint density at radius 3 is 2.37 bits per heavy atom. The van der Waals surface area contributed by atoms with Gasteiger partial charge in [0.05, 0.1) is 11.2 Å². The number of benzene rings is 1. The Hall–Kier alpha value is -2.22. The number of nitrogen functional groups attached to an aromatic ring is 1. The van der Waals surface area contributed by atoms with Crippen LogP contribution in [-0.4, -0.2) is 4.40 Å². The second-order valence-electron chi connectivity index (χ2n) is 5.23. The van der Waals surface area contributed by atoms with Crippen molar-refractivity contribution in [1.29, 1.82) is 0 Å². The molecule has 96 valence electrons. The van der Waals surface area contributed by atoms with Crippen LogP contribution >= 0.6 is 0 Å². The van der Waals surface area contributed by atoms with Crippen LogP contribution in [0, 0.1) is 0 Å². The highest BCUT2D eigenvalue weighted by Crippen LogP contribution is 2.31. The van der Waals surface area contributed by atoms with Crippen LogP contribution in [0.3, 0.4) is 0 Å². The van der Waals surface area contributed by atoms with E-state index in [0.29, 0.717) is 5.92 Å². The Morgan fingerprint density at radius 2 is 1.74 bits per heavy atom. The molecule has 0 unspecified atom stereocenters. The van der Waals surface area contributed by atoms with Gasteiger partial charge >= 0.3 is 0 Å². The summed E-state index contributed by atoms with van der Waals surface area (Å²) in [7, 11) is 0. The lowest BCUT2D eigenvalue weighted by Gasteiger charge is -2.06. The first-order valence-corrected chi connectivity index (χ1v) is 6.62. The number of rotatable bonds is 2. The molecule has 0 bridgehead atoms. The lowest BCUT2D eigenvalue weighted by Crippen LogP contribution is -1.88. The summed E-state index contributed by atoms with van der Waals surface area (Å²) in [5, 5.41) is 0. The van der Waals surface area contributed by atoms with Crippen molar-refractivity contribution in [3.63, 3.8) is 0 Å². The molecular formula is C17H18N2. The number of fused-ring (bicyclic) bond motifs is 1. The van der Waals surface area contributed by atoms with E-state index >= 15 is 0 Å². The van der Waals surface area contributed by atoms with Crippen molar-refractivity contribution < 1.29 is 0 Å². The summed E-state index contributed by atoms with van der Waals surface area (Å²) in [6.07, 6.45) is 4.12. The van der Waals surface area contributed by atoms with Gasteiger partial charge in [-0.3, -0.25) is 0 Å². The third-order valence-electron chi connectivity index (χ3n) is 3.61. The van der Waals surface area contributed by atoms with Crippen molar-refractivity contribution in [2.45, 2.75) is 19.8 Å². The van der Waals surface area contributed by atoms with Gasteiger partial charge in [-0.25, -0.2) is 0 Å². The summed E-state index contributed by atoms with van der Waals surface area (Å²) in [6, 6.07) is 14.7. The first kappa shape index (κ1) is 11.8. The molecule has 0 amide bonds. The monoisotopic (exact) mass is 250 g/mol. The normalized spacial score (nSPS) is 11.3. The molecule has 0 saturated heterocycles. The minimum absolute atomic E-state index is 0.555. The number of nitrogens with two attached hydrogens (primary N) is 1. The molecule has 0 spiro atoms. The zero-order chi connectivity index (χ0) is 13.4. The molecular weight excluding hydrogens is 232 g/mol. The van der Waals surface area contributed by atoms with Gasteiger partial charge in [0.1, 0.15) is 0 Å². The van der Waals surface area contributed by atoms with Crippen LogP contribution in [0.1, 0.15) is 25.3 Å². The number of nitrogens with zero attached hydrogens (tertiary/aromatic N) is 1. The Kier molecular flexibility index (Phi) is 2.79. The lowest BCUT2D eigenvalue weighted by atomic mass is 9.99. The van der Waals surface area contributed by atoms with E-state index in [-0.39, 0.29) is 0 Å². The predicted molar refractivity (Wildman–Crippen MR) is 81.3 cm³/mol. The first-order valence-electron chi connectivity index (χ1n) is 6.62. The largest absolute Gasteiger partial charge is 0.396 e. The lowest BCUT2D eigenvalue weighted by molar-refractivity contribution is 0.867. The molecule has 2 nitrogen and oxygen atoms in total. The third-order valence-corrected chi connectivity index (χ3v) is 3.61. The number of hydrogen-bond donors (Lipinski definition) is 1. The minimum Gasteiger partial charge on any atom is -0.396 e. The van der Waals surface area contributed by atoms with E-state index in [9.17, 15) is 0 Å². The maximum absolute atomic E-state index is 6.25. The molecule has 0 saturated carbocycles. The number of anilines is 1. The highest BCUT2D eigenvalue weighted by Gasteiger charge is 2.09. The van der Waals surface area contributed by atoms with Crippen LogP contribution in [0.2, 0.25) is 0 Å². The van der Waals surface area contributed by atoms with Crippen molar-refractivity contribution in [3.05, 3.63) is 60.4 Å². The van der Waals surface area contributed by atoms with Crippen molar-refractivity contribution in [3.8, 4) is 11.1 Å². The van der Waals surface area contributed by atoms with Gasteiger partial charge in [0.2, 0.25) is 0 Å². The predicted octanol–water partition coefficient (Wildman–Crippen LogP) is 4.31. The zero-order valence-corrected chi connectivity index (χ0v) is 11.3. The van der Waals surface area contributed by atoms with E-state index in [1.165, 1.54) is 11.1 Å². The average molecular weight is 250 g/mol. The van der Waals surface area contributed by atoms with Gasteiger partial charge in [-0.2, -0.15) is 0 Å². The minimum atomic E-state index is 0.555. The Morgan fingerprint density at radius 1 is 1.00 bits per heavy atom. The molecule has 0 fully saturated rings. The Labute approximate surface area is 113 Å².